The predicted octanol–water partition coefficient (Wildman–Crippen LogP) is 6.65. The minimum absolute atomic E-state index is 0.0219. The van der Waals surface area contributed by atoms with Crippen LogP contribution in [0.25, 0.3) is 0 Å². The minimum Gasteiger partial charge on any atom is -0.393 e. The highest BCUT2D eigenvalue weighted by atomic mass is 16.6. The molecule has 3 saturated carbocycles. The van der Waals surface area contributed by atoms with Gasteiger partial charge in [-0.2, -0.15) is 0 Å². The van der Waals surface area contributed by atoms with Crippen molar-refractivity contribution < 1.29 is 24.8 Å². The molecule has 1 spiro atoms. The molecule has 0 amide bonds. The van der Waals surface area contributed by atoms with Gasteiger partial charge >= 0.3 is 0 Å². The number of unbranched alkanes of at least 4 members (excludes halogenated alkanes) is 1. The fourth-order valence-electron chi connectivity index (χ4n) is 9.78. The Kier molecular flexibility index (Phi) is 8.30. The van der Waals surface area contributed by atoms with Crippen molar-refractivity contribution in [2.75, 3.05) is 7.11 Å². The van der Waals surface area contributed by atoms with E-state index in [0.717, 1.165) is 51.4 Å². The first-order valence-electron chi connectivity index (χ1n) is 15.8. The Morgan fingerprint density at radius 3 is 2.32 bits per heavy atom. The molecular weight excluding hydrogens is 476 g/mol. The third kappa shape index (κ3) is 5.14. The lowest BCUT2D eigenvalue weighted by Gasteiger charge is -2.52. The molecule has 222 valence electrons. The van der Waals surface area contributed by atoms with Gasteiger partial charge in [-0.15, -0.1) is 0 Å². The molecule has 3 N–H and O–H groups in total. The van der Waals surface area contributed by atoms with E-state index >= 15 is 0 Å². The van der Waals surface area contributed by atoms with E-state index in [4.69, 9.17) is 9.47 Å². The fourth-order valence-corrected chi connectivity index (χ4v) is 9.78. The number of aliphatic hydroxyl groups excluding tert-OH is 3. The fraction of sp³-hybridized carbons (Fsp3) is 1.00. The molecule has 0 radical (unpaired) electrons. The van der Waals surface area contributed by atoms with Gasteiger partial charge in [0, 0.05) is 13.0 Å². The largest absolute Gasteiger partial charge is 0.393 e. The number of aliphatic hydroxyl groups is 3. The standard InChI is InChI=1S/C33H60O5/c1-10-11-15-31(7)21-33(31)18-13-25(36)28(2,3)27(33)23(34)12-16-30(6)19-22(24(35)20-30)32(8)17-14-26(38-32)29(4,5)37-9/h22-27,34-36H,10-21H2,1-9H3/t22-,23+,24+,25+,26?,27+,30+,31+,32-,33-/m1/s1. The normalized spacial score (nSPS) is 47.5. The lowest BCUT2D eigenvalue weighted by molar-refractivity contribution is -0.156. The number of hydrogen-bond donors (Lipinski definition) is 3. The molecule has 10 atom stereocenters. The van der Waals surface area contributed by atoms with Crippen LogP contribution in [0.3, 0.4) is 0 Å². The van der Waals surface area contributed by atoms with Crippen LogP contribution in [0.4, 0.5) is 0 Å². The zero-order chi connectivity index (χ0) is 28.4. The van der Waals surface area contributed by atoms with Crippen LogP contribution in [0.1, 0.15) is 132 Å². The van der Waals surface area contributed by atoms with E-state index in [0.29, 0.717) is 0 Å². The minimum atomic E-state index is -0.429. The third-order valence-electron chi connectivity index (χ3n) is 12.7. The molecule has 1 heterocycles. The summed E-state index contributed by atoms with van der Waals surface area (Å²) >= 11 is 0. The zero-order valence-corrected chi connectivity index (χ0v) is 26.1. The van der Waals surface area contributed by atoms with E-state index in [1.165, 1.54) is 25.7 Å². The Morgan fingerprint density at radius 2 is 1.68 bits per heavy atom. The van der Waals surface area contributed by atoms with Crippen molar-refractivity contribution >= 4 is 0 Å². The predicted molar refractivity (Wildman–Crippen MR) is 153 cm³/mol. The lowest BCUT2D eigenvalue weighted by Crippen LogP contribution is -2.52. The van der Waals surface area contributed by atoms with E-state index in [9.17, 15) is 15.3 Å². The highest BCUT2D eigenvalue weighted by Crippen LogP contribution is 2.77. The molecule has 3 aliphatic carbocycles. The van der Waals surface area contributed by atoms with Gasteiger partial charge in [-0.25, -0.2) is 0 Å². The number of methoxy groups -OCH3 is 1. The van der Waals surface area contributed by atoms with Gasteiger partial charge in [0.25, 0.3) is 0 Å². The summed E-state index contributed by atoms with van der Waals surface area (Å²) < 4.78 is 12.4. The average molecular weight is 537 g/mol. The molecule has 1 unspecified atom stereocenters. The van der Waals surface area contributed by atoms with Crippen molar-refractivity contribution in [3.05, 3.63) is 0 Å². The summed E-state index contributed by atoms with van der Waals surface area (Å²) in [6, 6.07) is 0. The van der Waals surface area contributed by atoms with E-state index in [2.05, 4.69) is 55.4 Å². The number of rotatable bonds is 10. The highest BCUT2D eigenvalue weighted by molar-refractivity contribution is 5.21. The first-order valence-corrected chi connectivity index (χ1v) is 15.8. The van der Waals surface area contributed by atoms with Crippen LogP contribution in [-0.2, 0) is 9.47 Å². The molecule has 0 aromatic heterocycles. The van der Waals surface area contributed by atoms with Crippen LogP contribution >= 0.6 is 0 Å². The first-order chi connectivity index (χ1) is 17.5. The smallest absolute Gasteiger partial charge is 0.0883 e. The van der Waals surface area contributed by atoms with Crippen molar-refractivity contribution in [2.45, 2.75) is 168 Å². The third-order valence-corrected chi connectivity index (χ3v) is 12.7. The van der Waals surface area contributed by atoms with E-state index in [-0.39, 0.29) is 63.0 Å². The van der Waals surface area contributed by atoms with Gasteiger partial charge in [0.05, 0.1) is 35.6 Å². The van der Waals surface area contributed by atoms with Gasteiger partial charge < -0.3 is 24.8 Å². The van der Waals surface area contributed by atoms with E-state index in [1.54, 1.807) is 7.11 Å². The van der Waals surface area contributed by atoms with Crippen LogP contribution in [0.15, 0.2) is 0 Å². The molecule has 4 fully saturated rings. The maximum absolute atomic E-state index is 11.9. The molecule has 5 heteroatoms. The van der Waals surface area contributed by atoms with Crippen LogP contribution in [0.5, 0.6) is 0 Å². The quantitative estimate of drug-likeness (QED) is 0.291. The molecule has 0 bridgehead atoms. The van der Waals surface area contributed by atoms with Gasteiger partial charge in [0.1, 0.15) is 0 Å². The van der Waals surface area contributed by atoms with Gasteiger partial charge in [-0.1, -0.05) is 47.5 Å². The first kappa shape index (κ1) is 30.8. The van der Waals surface area contributed by atoms with Gasteiger partial charge in [0.15, 0.2) is 0 Å². The summed E-state index contributed by atoms with van der Waals surface area (Å²) in [5.74, 6) is 0.210. The SMILES string of the molecule is CCCC[C@@]1(C)C[C@@]12CC[C@H](O)C(C)(C)[C@@H]2[C@@H](O)CC[C@@]1(C)C[C@@H]([C@@]2(C)CCC(C(C)(C)OC)O2)[C@@H](O)C1. The molecule has 5 nitrogen and oxygen atoms in total. The Morgan fingerprint density at radius 1 is 1.00 bits per heavy atom. The van der Waals surface area contributed by atoms with Crippen LogP contribution in [0, 0.1) is 33.5 Å². The van der Waals surface area contributed by atoms with Crippen molar-refractivity contribution in [3.8, 4) is 0 Å². The second kappa shape index (κ2) is 10.3. The number of ether oxygens (including phenoxy) is 2. The Balaban J connectivity index is 1.44. The summed E-state index contributed by atoms with van der Waals surface area (Å²) in [6.45, 7) is 17.8. The second-order valence-electron chi connectivity index (χ2n) is 16.1. The summed E-state index contributed by atoms with van der Waals surface area (Å²) in [7, 11) is 1.75. The summed E-state index contributed by atoms with van der Waals surface area (Å²) in [6.07, 6.45) is 10.8. The summed E-state index contributed by atoms with van der Waals surface area (Å²) in [4.78, 5) is 0. The van der Waals surface area contributed by atoms with Gasteiger partial charge in [0.2, 0.25) is 0 Å². The van der Waals surface area contributed by atoms with Crippen LogP contribution in [0.2, 0.25) is 0 Å². The molecule has 1 aliphatic heterocycles. The van der Waals surface area contributed by atoms with E-state index in [1.807, 2.05) is 0 Å². The van der Waals surface area contributed by atoms with Crippen molar-refractivity contribution in [3.63, 3.8) is 0 Å². The number of hydrogen-bond acceptors (Lipinski definition) is 5. The topological polar surface area (TPSA) is 79.2 Å². The second-order valence-corrected chi connectivity index (χ2v) is 16.1. The van der Waals surface area contributed by atoms with Crippen molar-refractivity contribution in [1.29, 1.82) is 0 Å². The average Bonchev–Trinajstić information content (AvgIpc) is 3.09. The Bertz CT molecular complexity index is 841. The molecule has 4 aliphatic rings. The van der Waals surface area contributed by atoms with Gasteiger partial charge in [-0.3, -0.25) is 0 Å². The molecule has 0 aromatic rings. The van der Waals surface area contributed by atoms with Crippen molar-refractivity contribution in [1.82, 2.24) is 0 Å². The van der Waals surface area contributed by atoms with Crippen molar-refractivity contribution in [2.24, 2.45) is 33.5 Å². The molecule has 0 aromatic carbocycles. The summed E-state index contributed by atoms with van der Waals surface area (Å²) in [5, 5.41) is 34.2. The molecular formula is C33H60O5. The highest BCUT2D eigenvalue weighted by Gasteiger charge is 2.72. The molecule has 1 saturated heterocycles. The molecule has 38 heavy (non-hydrogen) atoms. The molecule has 4 rings (SSSR count). The van der Waals surface area contributed by atoms with Crippen LogP contribution in [-0.4, -0.2) is 58.0 Å². The Hall–Kier alpha value is -0.200. The van der Waals surface area contributed by atoms with Gasteiger partial charge in [-0.05, 0) is 113 Å². The lowest BCUT2D eigenvalue weighted by atomic mass is 9.55. The van der Waals surface area contributed by atoms with Crippen LogP contribution < -0.4 is 0 Å². The van der Waals surface area contributed by atoms with E-state index < -0.39 is 6.10 Å². The zero-order valence-electron chi connectivity index (χ0n) is 26.1. The summed E-state index contributed by atoms with van der Waals surface area (Å²) in [5.41, 5.74) is -0.565. The maximum atomic E-state index is 11.9. The monoisotopic (exact) mass is 536 g/mol. The Labute approximate surface area is 233 Å². The maximum Gasteiger partial charge on any atom is 0.0883 e.